The van der Waals surface area contributed by atoms with Crippen LogP contribution in [0.15, 0.2) is 6.07 Å². The predicted octanol–water partition coefficient (Wildman–Crippen LogP) is 1.86. The zero-order chi connectivity index (χ0) is 11.9. The van der Waals surface area contributed by atoms with Gasteiger partial charge < -0.3 is 9.84 Å². The van der Waals surface area contributed by atoms with Crippen molar-refractivity contribution in [2.45, 2.75) is 13.3 Å². The van der Waals surface area contributed by atoms with Crippen molar-refractivity contribution in [3.05, 3.63) is 22.8 Å². The highest BCUT2D eigenvalue weighted by Crippen LogP contribution is 2.36. The van der Waals surface area contributed by atoms with E-state index in [0.717, 1.165) is 9.98 Å². The largest absolute Gasteiger partial charge is 0.504 e. The molecule has 0 radical (unpaired) electrons. The number of amides is 1. The molecular formula is C11H12ClNO3. The number of hydrogen-bond acceptors (Lipinski definition) is 3. The van der Waals surface area contributed by atoms with Crippen molar-refractivity contribution in [1.29, 1.82) is 0 Å². The Morgan fingerprint density at radius 1 is 1.56 bits per heavy atom. The Hall–Kier alpha value is -1.42. The average Bonchev–Trinajstić information content (AvgIpc) is 2.28. The van der Waals surface area contributed by atoms with Gasteiger partial charge >= 0.3 is 0 Å². The highest BCUT2D eigenvalue weighted by atomic mass is 35.5. The monoisotopic (exact) mass is 241 g/mol. The van der Waals surface area contributed by atoms with Crippen LogP contribution in [0.5, 0.6) is 11.5 Å². The Balaban J connectivity index is 2.64. The summed E-state index contributed by atoms with van der Waals surface area (Å²) >= 11 is 5.76. The molecule has 0 aliphatic carbocycles. The molecule has 0 saturated carbocycles. The number of fused-ring (bicyclic) bond motifs is 1. The normalized spacial score (nSPS) is 14.9. The van der Waals surface area contributed by atoms with Gasteiger partial charge in [0, 0.05) is 23.9 Å². The molecule has 2 rings (SSSR count). The van der Waals surface area contributed by atoms with E-state index in [1.165, 1.54) is 7.11 Å². The second-order valence-corrected chi connectivity index (χ2v) is 4.14. The lowest BCUT2D eigenvalue weighted by molar-refractivity contribution is 0.0850. The van der Waals surface area contributed by atoms with Gasteiger partial charge in [-0.1, -0.05) is 0 Å². The standard InChI is InChI=1S/C11H12ClNO3/c1-6-9-7(3-4-13(12)11(9)15)5-8(16-2)10(6)14/h5,14H,3-4H2,1-2H3. The van der Waals surface area contributed by atoms with E-state index in [0.29, 0.717) is 29.8 Å². The summed E-state index contributed by atoms with van der Waals surface area (Å²) in [4.78, 5) is 11.8. The summed E-state index contributed by atoms with van der Waals surface area (Å²) in [6.45, 7) is 2.16. The minimum absolute atomic E-state index is 0.00145. The summed E-state index contributed by atoms with van der Waals surface area (Å²) in [6, 6.07) is 1.69. The molecule has 1 amide bonds. The van der Waals surface area contributed by atoms with E-state index in [1.807, 2.05) is 0 Å². The molecule has 1 heterocycles. The second-order valence-electron chi connectivity index (χ2n) is 3.73. The lowest BCUT2D eigenvalue weighted by Crippen LogP contribution is -2.31. The second kappa shape index (κ2) is 3.87. The molecule has 1 aromatic rings. The lowest BCUT2D eigenvalue weighted by atomic mass is 9.94. The first kappa shape index (κ1) is 11.1. The SMILES string of the molecule is COc1cc2c(c(C)c1O)C(=O)N(Cl)CC2. The minimum atomic E-state index is -0.265. The van der Waals surface area contributed by atoms with E-state index < -0.39 is 0 Å². The molecule has 0 aromatic heterocycles. The number of phenolic OH excluding ortho intramolecular Hbond substituents is 1. The first-order valence-electron chi connectivity index (χ1n) is 4.93. The van der Waals surface area contributed by atoms with E-state index in [2.05, 4.69) is 0 Å². The highest BCUT2D eigenvalue weighted by molar-refractivity contribution is 6.25. The van der Waals surface area contributed by atoms with Gasteiger partial charge in [0.25, 0.3) is 5.91 Å². The molecule has 1 aliphatic heterocycles. The number of aromatic hydroxyl groups is 1. The molecule has 1 N–H and O–H groups in total. The maximum Gasteiger partial charge on any atom is 0.268 e. The maximum atomic E-state index is 11.8. The first-order valence-corrected chi connectivity index (χ1v) is 5.27. The fourth-order valence-corrected chi connectivity index (χ4v) is 2.10. The van der Waals surface area contributed by atoms with Crippen LogP contribution >= 0.6 is 11.8 Å². The van der Waals surface area contributed by atoms with Crippen LogP contribution < -0.4 is 4.74 Å². The number of carbonyl (C=O) groups excluding carboxylic acids is 1. The van der Waals surface area contributed by atoms with Gasteiger partial charge in [0.2, 0.25) is 0 Å². The van der Waals surface area contributed by atoms with Crippen molar-refractivity contribution in [2.24, 2.45) is 0 Å². The van der Waals surface area contributed by atoms with Crippen molar-refractivity contribution >= 4 is 17.7 Å². The molecule has 0 fully saturated rings. The number of hydrogen-bond donors (Lipinski definition) is 1. The molecule has 0 unspecified atom stereocenters. The maximum absolute atomic E-state index is 11.8. The van der Waals surface area contributed by atoms with Crippen molar-refractivity contribution in [3.8, 4) is 11.5 Å². The molecule has 5 heteroatoms. The van der Waals surface area contributed by atoms with Crippen LogP contribution in [0.1, 0.15) is 21.5 Å². The van der Waals surface area contributed by atoms with Gasteiger partial charge in [0.1, 0.15) is 0 Å². The third kappa shape index (κ3) is 1.50. The minimum Gasteiger partial charge on any atom is -0.504 e. The Morgan fingerprint density at radius 2 is 2.25 bits per heavy atom. The van der Waals surface area contributed by atoms with E-state index in [4.69, 9.17) is 16.5 Å². The average molecular weight is 242 g/mol. The number of halogens is 1. The third-order valence-electron chi connectivity index (χ3n) is 2.82. The van der Waals surface area contributed by atoms with Gasteiger partial charge in [-0.25, -0.2) is 0 Å². The molecule has 0 bridgehead atoms. The summed E-state index contributed by atoms with van der Waals surface area (Å²) in [5.74, 6) is 0.131. The van der Waals surface area contributed by atoms with Crippen molar-refractivity contribution in [1.82, 2.24) is 4.42 Å². The summed E-state index contributed by atoms with van der Waals surface area (Å²) in [7, 11) is 1.49. The van der Waals surface area contributed by atoms with E-state index >= 15 is 0 Å². The summed E-state index contributed by atoms with van der Waals surface area (Å²) in [5, 5.41) is 9.82. The number of carbonyl (C=O) groups is 1. The topological polar surface area (TPSA) is 49.8 Å². The van der Waals surface area contributed by atoms with E-state index in [-0.39, 0.29) is 11.7 Å². The Labute approximate surface area is 98.5 Å². The van der Waals surface area contributed by atoms with Crippen LogP contribution in [-0.4, -0.2) is 29.1 Å². The van der Waals surface area contributed by atoms with Gasteiger partial charge in [-0.05, 0) is 25.0 Å². The molecule has 1 aromatic carbocycles. The molecule has 0 saturated heterocycles. The number of nitrogens with zero attached hydrogens (tertiary/aromatic N) is 1. The molecule has 0 atom stereocenters. The molecule has 1 aliphatic rings. The Morgan fingerprint density at radius 3 is 2.88 bits per heavy atom. The predicted molar refractivity (Wildman–Crippen MR) is 60.0 cm³/mol. The summed E-state index contributed by atoms with van der Waals surface area (Å²) in [5.41, 5.74) is 1.87. The van der Waals surface area contributed by atoms with Gasteiger partial charge in [0.15, 0.2) is 11.5 Å². The fourth-order valence-electron chi connectivity index (χ4n) is 1.93. The summed E-state index contributed by atoms with van der Waals surface area (Å²) < 4.78 is 6.19. The van der Waals surface area contributed by atoms with E-state index in [9.17, 15) is 9.90 Å². The van der Waals surface area contributed by atoms with Crippen LogP contribution in [0.3, 0.4) is 0 Å². The highest BCUT2D eigenvalue weighted by Gasteiger charge is 2.28. The van der Waals surface area contributed by atoms with Crippen LogP contribution in [0.25, 0.3) is 0 Å². The number of methoxy groups -OCH3 is 1. The zero-order valence-corrected chi connectivity index (χ0v) is 9.84. The van der Waals surface area contributed by atoms with Crippen LogP contribution in [0.2, 0.25) is 0 Å². The Kier molecular flexibility index (Phi) is 2.68. The van der Waals surface area contributed by atoms with E-state index in [1.54, 1.807) is 13.0 Å². The van der Waals surface area contributed by atoms with Gasteiger partial charge in [-0.2, -0.15) is 0 Å². The van der Waals surface area contributed by atoms with Gasteiger partial charge in [0.05, 0.1) is 12.7 Å². The molecule has 4 nitrogen and oxygen atoms in total. The lowest BCUT2D eigenvalue weighted by Gasteiger charge is -2.24. The number of rotatable bonds is 1. The zero-order valence-electron chi connectivity index (χ0n) is 9.08. The third-order valence-corrected chi connectivity index (χ3v) is 3.14. The van der Waals surface area contributed by atoms with Crippen LogP contribution in [-0.2, 0) is 6.42 Å². The summed E-state index contributed by atoms with van der Waals surface area (Å²) in [6.07, 6.45) is 0.669. The molecular weight excluding hydrogens is 230 g/mol. The number of benzene rings is 1. The van der Waals surface area contributed by atoms with Crippen LogP contribution in [0, 0.1) is 6.92 Å². The number of phenols is 1. The smallest absolute Gasteiger partial charge is 0.268 e. The van der Waals surface area contributed by atoms with Crippen molar-refractivity contribution in [2.75, 3.05) is 13.7 Å². The first-order chi connectivity index (χ1) is 7.56. The number of ether oxygens (including phenoxy) is 1. The van der Waals surface area contributed by atoms with Crippen LogP contribution in [0.4, 0.5) is 0 Å². The molecule has 16 heavy (non-hydrogen) atoms. The van der Waals surface area contributed by atoms with Gasteiger partial charge in [-0.15, -0.1) is 0 Å². The Bertz CT molecular complexity index is 459. The quantitative estimate of drug-likeness (QED) is 0.764. The molecule has 0 spiro atoms. The fraction of sp³-hybridized carbons (Fsp3) is 0.364. The van der Waals surface area contributed by atoms with Crippen molar-refractivity contribution < 1.29 is 14.6 Å². The van der Waals surface area contributed by atoms with Gasteiger partial charge in [-0.3, -0.25) is 9.21 Å². The molecule has 86 valence electrons. The van der Waals surface area contributed by atoms with Crippen molar-refractivity contribution in [3.63, 3.8) is 0 Å².